The Balaban J connectivity index is 1.37. The van der Waals surface area contributed by atoms with Gasteiger partial charge in [-0.25, -0.2) is 8.78 Å². The van der Waals surface area contributed by atoms with Gasteiger partial charge >= 0.3 is 0 Å². The van der Waals surface area contributed by atoms with Gasteiger partial charge in [-0.3, -0.25) is 15.3 Å². The summed E-state index contributed by atoms with van der Waals surface area (Å²) < 4.78 is 34.2. The molecule has 1 aliphatic carbocycles. The molecular weight excluding hydrogens is 362 g/mol. The third-order valence-corrected chi connectivity index (χ3v) is 5.90. The fraction of sp³-hybridized carbons (Fsp3) is 0.524. The lowest BCUT2D eigenvalue weighted by Gasteiger charge is -2.44. The van der Waals surface area contributed by atoms with E-state index < -0.39 is 5.82 Å². The Morgan fingerprint density at radius 3 is 2.79 bits per heavy atom. The molecule has 1 aromatic heterocycles. The smallest absolute Gasteiger partial charge is 0.142 e. The van der Waals surface area contributed by atoms with Crippen LogP contribution in [0.5, 0.6) is 0 Å². The molecule has 5 rings (SSSR count). The first-order chi connectivity index (χ1) is 13.6. The average molecular weight is 388 g/mol. The standard InChI is InChI=1S/C21H26F2N4O/c22-17-8-16(10-25-12-17)21(24)26-11-15-2-1-3-18(9-19(15)23)28-20-13-27-6-4-14(20)5-7-27/h8-10,12,14,20H,1-7,11,13H2,(H2,24,26). The first kappa shape index (κ1) is 19.1. The van der Waals surface area contributed by atoms with Crippen molar-refractivity contribution in [2.75, 3.05) is 26.2 Å². The second-order valence-electron chi connectivity index (χ2n) is 7.83. The van der Waals surface area contributed by atoms with E-state index in [1.807, 2.05) is 0 Å². The number of ether oxygens (including phenoxy) is 1. The summed E-state index contributed by atoms with van der Waals surface area (Å²) in [6.07, 6.45) is 8.69. The minimum absolute atomic E-state index is 0.0317. The topological polar surface area (TPSA) is 61.2 Å². The molecule has 0 saturated carbocycles. The van der Waals surface area contributed by atoms with Crippen LogP contribution >= 0.6 is 0 Å². The molecule has 0 amide bonds. The molecule has 0 aromatic carbocycles. The lowest BCUT2D eigenvalue weighted by molar-refractivity contribution is -0.0439. The lowest BCUT2D eigenvalue weighted by atomic mass is 9.86. The predicted molar refractivity (Wildman–Crippen MR) is 103 cm³/mol. The third kappa shape index (κ3) is 4.41. The van der Waals surface area contributed by atoms with E-state index in [1.165, 1.54) is 31.2 Å². The van der Waals surface area contributed by atoms with E-state index in [0.29, 0.717) is 23.5 Å². The number of hydrogen-bond acceptors (Lipinski definition) is 4. The summed E-state index contributed by atoms with van der Waals surface area (Å²) >= 11 is 0. The largest absolute Gasteiger partial charge is 0.493 e. The predicted octanol–water partition coefficient (Wildman–Crippen LogP) is 3.54. The SMILES string of the molecule is N=C(NCC1=C(F)C=C(OC2CN3CCC2CC3)CCC1)c1cncc(F)c1. The quantitative estimate of drug-likeness (QED) is 0.598. The van der Waals surface area contributed by atoms with Crippen molar-refractivity contribution < 1.29 is 13.5 Å². The normalized spacial score (nSPS) is 27.2. The van der Waals surface area contributed by atoms with E-state index in [4.69, 9.17) is 10.1 Å². The summed E-state index contributed by atoms with van der Waals surface area (Å²) in [6, 6.07) is 1.24. The maximum Gasteiger partial charge on any atom is 0.142 e. The minimum atomic E-state index is -0.499. The number of nitrogens with one attached hydrogen (secondary N) is 2. The molecule has 3 saturated heterocycles. The Kier molecular flexibility index (Phi) is 5.71. The molecule has 7 heteroatoms. The molecule has 2 bridgehead atoms. The number of allylic oxidation sites excluding steroid dienone is 3. The summed E-state index contributed by atoms with van der Waals surface area (Å²) in [6.45, 7) is 3.46. The zero-order valence-corrected chi connectivity index (χ0v) is 15.9. The summed E-state index contributed by atoms with van der Waals surface area (Å²) in [5, 5.41) is 10.9. The second-order valence-corrected chi connectivity index (χ2v) is 7.83. The van der Waals surface area contributed by atoms with Crippen LogP contribution in [0.3, 0.4) is 0 Å². The number of piperidine rings is 3. The molecule has 2 N–H and O–H groups in total. The number of fused-ring (bicyclic) bond motifs is 3. The molecule has 5 nitrogen and oxygen atoms in total. The van der Waals surface area contributed by atoms with E-state index >= 15 is 0 Å². The molecule has 3 fully saturated rings. The van der Waals surface area contributed by atoms with Gasteiger partial charge in [0.1, 0.15) is 23.6 Å². The van der Waals surface area contributed by atoms with Crippen molar-refractivity contribution in [1.29, 1.82) is 5.41 Å². The fourth-order valence-corrected chi connectivity index (χ4v) is 4.26. The molecule has 0 spiro atoms. The molecule has 1 atom stereocenters. The molecule has 3 aliphatic heterocycles. The minimum Gasteiger partial charge on any atom is -0.493 e. The van der Waals surface area contributed by atoms with Gasteiger partial charge in [0.25, 0.3) is 0 Å². The number of pyridine rings is 1. The maximum absolute atomic E-state index is 14.7. The second kappa shape index (κ2) is 8.39. The monoisotopic (exact) mass is 388 g/mol. The van der Waals surface area contributed by atoms with Crippen molar-refractivity contribution in [2.45, 2.75) is 38.2 Å². The van der Waals surface area contributed by atoms with Crippen molar-refractivity contribution in [3.05, 3.63) is 53.1 Å². The summed E-state index contributed by atoms with van der Waals surface area (Å²) in [7, 11) is 0. The van der Waals surface area contributed by atoms with Crippen LogP contribution in [-0.2, 0) is 4.74 Å². The van der Waals surface area contributed by atoms with Gasteiger partial charge < -0.3 is 10.1 Å². The van der Waals surface area contributed by atoms with Crippen molar-refractivity contribution in [3.63, 3.8) is 0 Å². The van der Waals surface area contributed by atoms with Crippen LogP contribution in [0.4, 0.5) is 8.78 Å². The number of nitrogens with zero attached hydrogens (tertiary/aromatic N) is 2. The Bertz CT molecular complexity index is 799. The first-order valence-corrected chi connectivity index (χ1v) is 9.99. The number of hydrogen-bond donors (Lipinski definition) is 2. The highest BCUT2D eigenvalue weighted by molar-refractivity contribution is 5.96. The van der Waals surface area contributed by atoms with Crippen molar-refractivity contribution in [2.24, 2.45) is 5.92 Å². The highest BCUT2D eigenvalue weighted by Gasteiger charge is 2.35. The average Bonchev–Trinajstić information content (AvgIpc) is 2.88. The van der Waals surface area contributed by atoms with E-state index in [9.17, 15) is 8.78 Å². The van der Waals surface area contributed by atoms with Gasteiger partial charge in [0, 0.05) is 37.3 Å². The molecule has 28 heavy (non-hydrogen) atoms. The number of halogens is 2. The van der Waals surface area contributed by atoms with Crippen LogP contribution in [-0.4, -0.2) is 48.0 Å². The van der Waals surface area contributed by atoms with Crippen LogP contribution in [0.25, 0.3) is 0 Å². The molecule has 1 aromatic rings. The molecule has 4 aliphatic rings. The molecule has 4 heterocycles. The first-order valence-electron chi connectivity index (χ1n) is 9.99. The van der Waals surface area contributed by atoms with Gasteiger partial charge in [-0.05, 0) is 56.3 Å². The van der Waals surface area contributed by atoms with Crippen molar-refractivity contribution >= 4 is 5.84 Å². The van der Waals surface area contributed by atoms with Crippen molar-refractivity contribution in [3.8, 4) is 0 Å². The molecule has 0 radical (unpaired) electrons. The van der Waals surface area contributed by atoms with Crippen LogP contribution in [0.1, 0.15) is 37.7 Å². The van der Waals surface area contributed by atoms with Gasteiger partial charge in [0.2, 0.25) is 0 Å². The Labute approximate surface area is 164 Å². The number of amidine groups is 1. The van der Waals surface area contributed by atoms with Gasteiger partial charge in [-0.1, -0.05) is 0 Å². The van der Waals surface area contributed by atoms with Gasteiger partial charge in [0.15, 0.2) is 0 Å². The van der Waals surface area contributed by atoms with E-state index in [1.54, 1.807) is 0 Å². The zero-order chi connectivity index (χ0) is 19.5. The summed E-state index contributed by atoms with van der Waals surface area (Å²) in [5.74, 6) is 0.565. The third-order valence-electron chi connectivity index (χ3n) is 5.90. The van der Waals surface area contributed by atoms with E-state index in [0.717, 1.165) is 44.4 Å². The van der Waals surface area contributed by atoms with Crippen LogP contribution < -0.4 is 5.32 Å². The Morgan fingerprint density at radius 1 is 1.25 bits per heavy atom. The van der Waals surface area contributed by atoms with Crippen LogP contribution in [0.2, 0.25) is 0 Å². The lowest BCUT2D eigenvalue weighted by Crippen LogP contribution is -2.51. The van der Waals surface area contributed by atoms with Gasteiger partial charge in [0.05, 0.1) is 12.0 Å². The van der Waals surface area contributed by atoms with Crippen LogP contribution in [0.15, 0.2) is 41.7 Å². The zero-order valence-electron chi connectivity index (χ0n) is 15.9. The van der Waals surface area contributed by atoms with E-state index in [2.05, 4.69) is 15.2 Å². The highest BCUT2D eigenvalue weighted by atomic mass is 19.1. The number of rotatable bonds is 5. The van der Waals surface area contributed by atoms with Crippen molar-refractivity contribution in [1.82, 2.24) is 15.2 Å². The van der Waals surface area contributed by atoms with E-state index in [-0.39, 0.29) is 24.3 Å². The highest BCUT2D eigenvalue weighted by Crippen LogP contribution is 2.33. The summed E-state index contributed by atoms with van der Waals surface area (Å²) in [5.41, 5.74) is 0.957. The Hall–Kier alpha value is -2.28. The molecule has 1 unspecified atom stereocenters. The Morgan fingerprint density at radius 2 is 2.07 bits per heavy atom. The maximum atomic E-state index is 14.7. The number of aromatic nitrogens is 1. The van der Waals surface area contributed by atoms with Gasteiger partial charge in [-0.2, -0.15) is 0 Å². The summed E-state index contributed by atoms with van der Waals surface area (Å²) in [4.78, 5) is 6.17. The molecule has 150 valence electrons. The van der Waals surface area contributed by atoms with Gasteiger partial charge in [-0.15, -0.1) is 0 Å². The van der Waals surface area contributed by atoms with Crippen LogP contribution in [0, 0.1) is 17.1 Å². The fourth-order valence-electron chi connectivity index (χ4n) is 4.26. The molecular formula is C21H26F2N4O.